The molecular weight excluding hydrogens is 290 g/mol. The average Bonchev–Trinajstić information content (AvgIpc) is 2.61. The number of aromatic nitrogens is 2. The lowest BCUT2D eigenvalue weighted by Crippen LogP contribution is -2.21. The molecule has 3 rings (SSSR count). The zero-order chi connectivity index (χ0) is 16.1. The molecule has 5 heteroatoms. The third-order valence-corrected chi connectivity index (χ3v) is 3.54. The van der Waals surface area contributed by atoms with E-state index >= 15 is 0 Å². The molecule has 0 aliphatic rings. The molecule has 1 aromatic heterocycles. The van der Waals surface area contributed by atoms with Crippen molar-refractivity contribution in [3.8, 4) is 11.8 Å². The number of benzene rings is 2. The van der Waals surface area contributed by atoms with Crippen LogP contribution in [0, 0.1) is 11.3 Å². The van der Waals surface area contributed by atoms with Crippen LogP contribution in [0.15, 0.2) is 59.7 Å². The fourth-order valence-corrected chi connectivity index (χ4v) is 2.37. The smallest absolute Gasteiger partial charge is 0.261 e. The summed E-state index contributed by atoms with van der Waals surface area (Å²) >= 11 is 0. The van der Waals surface area contributed by atoms with E-state index in [2.05, 4.69) is 11.1 Å². The molecule has 2 aromatic carbocycles. The van der Waals surface area contributed by atoms with Crippen molar-refractivity contribution in [3.05, 3.63) is 70.8 Å². The minimum absolute atomic E-state index is 0.0481. The predicted molar refractivity (Wildman–Crippen MR) is 87.3 cm³/mol. The number of nitrogens with zero attached hydrogens (tertiary/aromatic N) is 3. The van der Waals surface area contributed by atoms with Gasteiger partial charge in [0.15, 0.2) is 0 Å². The van der Waals surface area contributed by atoms with E-state index in [1.54, 1.807) is 35.2 Å². The zero-order valence-electron chi connectivity index (χ0n) is 12.5. The highest BCUT2D eigenvalue weighted by Gasteiger charge is 2.04. The predicted octanol–water partition coefficient (Wildman–Crippen LogP) is 2.74. The topological polar surface area (TPSA) is 67.9 Å². The molecule has 1 heterocycles. The second-order valence-electron chi connectivity index (χ2n) is 5.07. The molecule has 0 amide bonds. The molecule has 114 valence electrons. The van der Waals surface area contributed by atoms with Crippen molar-refractivity contribution >= 4 is 10.9 Å². The summed E-state index contributed by atoms with van der Waals surface area (Å²) in [5.41, 5.74) is 1.16. The molecule has 0 atom stereocenters. The zero-order valence-corrected chi connectivity index (χ0v) is 12.5. The van der Waals surface area contributed by atoms with Crippen LogP contribution in [0.1, 0.15) is 12.0 Å². The van der Waals surface area contributed by atoms with Crippen LogP contribution in [0.4, 0.5) is 0 Å². The Labute approximate surface area is 133 Å². The van der Waals surface area contributed by atoms with Crippen LogP contribution >= 0.6 is 0 Å². The summed E-state index contributed by atoms with van der Waals surface area (Å²) < 4.78 is 7.20. The molecule has 0 saturated carbocycles. The Balaban J connectivity index is 1.64. The second kappa shape index (κ2) is 6.75. The third-order valence-electron chi connectivity index (χ3n) is 3.54. The number of hydrogen-bond donors (Lipinski definition) is 0. The van der Waals surface area contributed by atoms with Gasteiger partial charge in [-0.2, -0.15) is 5.26 Å². The number of para-hydroxylation sites is 2. The van der Waals surface area contributed by atoms with Crippen molar-refractivity contribution in [1.29, 1.82) is 5.26 Å². The summed E-state index contributed by atoms with van der Waals surface area (Å²) in [5.74, 6) is 0.569. The first-order valence-electron chi connectivity index (χ1n) is 7.36. The number of ether oxygens (including phenoxy) is 1. The Morgan fingerprint density at radius 1 is 1.13 bits per heavy atom. The van der Waals surface area contributed by atoms with E-state index in [0.717, 1.165) is 0 Å². The molecule has 0 unspecified atom stereocenters. The van der Waals surface area contributed by atoms with Crippen molar-refractivity contribution in [1.82, 2.24) is 9.55 Å². The van der Waals surface area contributed by atoms with Gasteiger partial charge in [-0.15, -0.1) is 0 Å². The summed E-state index contributed by atoms with van der Waals surface area (Å²) in [4.78, 5) is 16.6. The number of aryl methyl sites for hydroxylation is 1. The van der Waals surface area contributed by atoms with Crippen molar-refractivity contribution in [2.24, 2.45) is 0 Å². The van der Waals surface area contributed by atoms with E-state index in [1.165, 1.54) is 0 Å². The number of fused-ring (bicyclic) bond motifs is 1. The monoisotopic (exact) mass is 305 g/mol. The van der Waals surface area contributed by atoms with Gasteiger partial charge in [0.25, 0.3) is 5.56 Å². The van der Waals surface area contributed by atoms with E-state index in [0.29, 0.717) is 41.8 Å². The Kier molecular flexibility index (Phi) is 4.34. The molecule has 0 spiro atoms. The van der Waals surface area contributed by atoms with Crippen LogP contribution in [0.5, 0.6) is 5.75 Å². The van der Waals surface area contributed by atoms with E-state index in [-0.39, 0.29) is 5.56 Å². The van der Waals surface area contributed by atoms with Crippen LogP contribution < -0.4 is 10.3 Å². The van der Waals surface area contributed by atoms with Crippen molar-refractivity contribution in [2.75, 3.05) is 6.61 Å². The van der Waals surface area contributed by atoms with Gasteiger partial charge in [0.05, 0.1) is 29.4 Å². The Bertz CT molecular complexity index is 925. The molecule has 0 aliphatic carbocycles. The first-order chi connectivity index (χ1) is 11.3. The van der Waals surface area contributed by atoms with Gasteiger partial charge in [-0.1, -0.05) is 24.3 Å². The lowest BCUT2D eigenvalue weighted by Gasteiger charge is -2.09. The van der Waals surface area contributed by atoms with E-state index in [4.69, 9.17) is 10.00 Å². The largest absolute Gasteiger partial charge is 0.492 e. The van der Waals surface area contributed by atoms with Gasteiger partial charge in [-0.05, 0) is 30.7 Å². The molecule has 0 fully saturated rings. The summed E-state index contributed by atoms with van der Waals surface area (Å²) in [6.07, 6.45) is 2.22. The van der Waals surface area contributed by atoms with Gasteiger partial charge in [-0.25, -0.2) is 4.98 Å². The van der Waals surface area contributed by atoms with Crippen LogP contribution in [0.25, 0.3) is 10.9 Å². The molecule has 0 bridgehead atoms. The molecule has 5 nitrogen and oxygen atoms in total. The maximum absolute atomic E-state index is 12.3. The maximum Gasteiger partial charge on any atom is 0.261 e. The standard InChI is InChI=1S/C18H15N3O2/c19-12-14-6-1-4-9-17(14)23-11-5-10-21-13-20-16-8-3-2-7-15(16)18(21)22/h1-4,6-9,13H,5,10-11H2. The van der Waals surface area contributed by atoms with Crippen LogP contribution in [0.2, 0.25) is 0 Å². The van der Waals surface area contributed by atoms with E-state index < -0.39 is 0 Å². The lowest BCUT2D eigenvalue weighted by atomic mass is 10.2. The molecular formula is C18H15N3O2. The van der Waals surface area contributed by atoms with Crippen LogP contribution in [0.3, 0.4) is 0 Å². The molecule has 0 saturated heterocycles. The van der Waals surface area contributed by atoms with Crippen molar-refractivity contribution < 1.29 is 4.74 Å². The fourth-order valence-electron chi connectivity index (χ4n) is 2.37. The van der Waals surface area contributed by atoms with Crippen LogP contribution in [-0.2, 0) is 6.54 Å². The Morgan fingerprint density at radius 2 is 1.91 bits per heavy atom. The van der Waals surface area contributed by atoms with Crippen molar-refractivity contribution in [2.45, 2.75) is 13.0 Å². The number of nitriles is 1. The molecule has 23 heavy (non-hydrogen) atoms. The number of rotatable bonds is 5. The van der Waals surface area contributed by atoms with Crippen molar-refractivity contribution in [3.63, 3.8) is 0 Å². The summed E-state index contributed by atoms with van der Waals surface area (Å²) in [7, 11) is 0. The average molecular weight is 305 g/mol. The second-order valence-corrected chi connectivity index (χ2v) is 5.07. The van der Waals surface area contributed by atoms with Gasteiger partial charge in [0.2, 0.25) is 0 Å². The van der Waals surface area contributed by atoms with Gasteiger partial charge < -0.3 is 4.74 Å². The Morgan fingerprint density at radius 3 is 2.78 bits per heavy atom. The first-order valence-corrected chi connectivity index (χ1v) is 7.36. The summed E-state index contributed by atoms with van der Waals surface area (Å²) in [6, 6.07) is 16.5. The molecule has 3 aromatic rings. The highest BCUT2D eigenvalue weighted by molar-refractivity contribution is 5.76. The summed E-state index contributed by atoms with van der Waals surface area (Å²) in [5, 5.41) is 9.62. The highest BCUT2D eigenvalue weighted by Crippen LogP contribution is 2.16. The Hall–Kier alpha value is -3.13. The minimum atomic E-state index is -0.0481. The SMILES string of the molecule is N#Cc1ccccc1OCCCn1cnc2ccccc2c1=O. The van der Waals surface area contributed by atoms with Gasteiger partial charge in [0.1, 0.15) is 11.8 Å². The minimum Gasteiger partial charge on any atom is -0.492 e. The third kappa shape index (κ3) is 3.22. The van der Waals surface area contributed by atoms with Gasteiger partial charge in [-0.3, -0.25) is 9.36 Å². The van der Waals surface area contributed by atoms with E-state index in [1.807, 2.05) is 24.3 Å². The molecule has 0 aliphatic heterocycles. The quantitative estimate of drug-likeness (QED) is 0.680. The van der Waals surface area contributed by atoms with E-state index in [9.17, 15) is 4.79 Å². The maximum atomic E-state index is 12.3. The number of hydrogen-bond acceptors (Lipinski definition) is 4. The first kappa shape index (κ1) is 14.8. The normalized spacial score (nSPS) is 10.4. The van der Waals surface area contributed by atoms with Gasteiger partial charge >= 0.3 is 0 Å². The molecule has 0 N–H and O–H groups in total. The highest BCUT2D eigenvalue weighted by atomic mass is 16.5. The lowest BCUT2D eigenvalue weighted by molar-refractivity contribution is 0.300. The molecule has 0 radical (unpaired) electrons. The summed E-state index contributed by atoms with van der Waals surface area (Å²) in [6.45, 7) is 0.948. The van der Waals surface area contributed by atoms with Crippen LogP contribution in [-0.4, -0.2) is 16.2 Å². The fraction of sp³-hybridized carbons (Fsp3) is 0.167. The van der Waals surface area contributed by atoms with Gasteiger partial charge in [0, 0.05) is 6.54 Å².